The maximum atomic E-state index is 6.69. The molecule has 0 fully saturated rings. The molecule has 0 N–H and O–H groups in total. The minimum atomic E-state index is 0.176. The molecule has 0 radical (unpaired) electrons. The topological polar surface area (TPSA) is 0 Å². The summed E-state index contributed by atoms with van der Waals surface area (Å²) in [7, 11) is 0. The first-order valence-electron chi connectivity index (χ1n) is 7.62. The maximum Gasteiger partial charge on any atom is 0.0590 e. The standard InChI is InChI=1S/C18H29Cl/c1-7-8-9-10-11-17(19)18-15(5)13(3)12(2)14(4)16(18)6/h17H,7-11H2,1-6H3. The molecule has 0 saturated heterocycles. The number of alkyl halides is 1. The molecule has 0 heterocycles. The Morgan fingerprint density at radius 1 is 0.737 bits per heavy atom. The molecule has 1 rings (SSSR count). The van der Waals surface area contributed by atoms with E-state index in [0.29, 0.717) is 0 Å². The highest BCUT2D eigenvalue weighted by Gasteiger charge is 2.18. The first-order valence-corrected chi connectivity index (χ1v) is 8.06. The highest BCUT2D eigenvalue weighted by molar-refractivity contribution is 6.21. The Balaban J connectivity index is 2.94. The van der Waals surface area contributed by atoms with Crippen LogP contribution in [0.15, 0.2) is 0 Å². The molecule has 0 aliphatic carbocycles. The van der Waals surface area contributed by atoms with Crippen LogP contribution in [0.2, 0.25) is 0 Å². The van der Waals surface area contributed by atoms with E-state index in [1.807, 2.05) is 0 Å². The Morgan fingerprint density at radius 2 is 1.21 bits per heavy atom. The van der Waals surface area contributed by atoms with Gasteiger partial charge in [-0.25, -0.2) is 0 Å². The Labute approximate surface area is 124 Å². The van der Waals surface area contributed by atoms with Crippen LogP contribution in [-0.4, -0.2) is 0 Å². The average molecular weight is 281 g/mol. The van der Waals surface area contributed by atoms with Crippen LogP contribution in [0, 0.1) is 34.6 Å². The molecule has 0 spiro atoms. The van der Waals surface area contributed by atoms with Crippen molar-refractivity contribution in [3.05, 3.63) is 33.4 Å². The summed E-state index contributed by atoms with van der Waals surface area (Å²) < 4.78 is 0. The van der Waals surface area contributed by atoms with Crippen molar-refractivity contribution >= 4 is 11.6 Å². The van der Waals surface area contributed by atoms with Crippen molar-refractivity contribution in [1.82, 2.24) is 0 Å². The van der Waals surface area contributed by atoms with Crippen molar-refractivity contribution < 1.29 is 0 Å². The normalized spacial score (nSPS) is 12.8. The predicted octanol–water partition coefficient (Wildman–Crippen LogP) is 6.48. The molecular weight excluding hydrogens is 252 g/mol. The zero-order valence-corrected chi connectivity index (χ0v) is 14.2. The SMILES string of the molecule is CCCCCCC(Cl)c1c(C)c(C)c(C)c(C)c1C. The van der Waals surface area contributed by atoms with E-state index >= 15 is 0 Å². The minimum Gasteiger partial charge on any atom is -0.118 e. The quantitative estimate of drug-likeness (QED) is 0.413. The first kappa shape index (κ1) is 16.6. The first-order chi connectivity index (χ1) is 8.91. The summed E-state index contributed by atoms with van der Waals surface area (Å²) in [4.78, 5) is 0. The number of unbranched alkanes of at least 4 members (excludes halogenated alkanes) is 3. The van der Waals surface area contributed by atoms with Crippen molar-refractivity contribution in [3.63, 3.8) is 0 Å². The van der Waals surface area contributed by atoms with Crippen LogP contribution in [0.25, 0.3) is 0 Å². The molecule has 1 aromatic rings. The number of halogens is 1. The second-order valence-corrected chi connectivity index (χ2v) is 6.38. The molecule has 0 nitrogen and oxygen atoms in total. The minimum absolute atomic E-state index is 0.176. The van der Waals surface area contributed by atoms with Crippen molar-refractivity contribution in [2.24, 2.45) is 0 Å². The lowest BCUT2D eigenvalue weighted by Gasteiger charge is -2.22. The fourth-order valence-electron chi connectivity index (χ4n) is 2.89. The average Bonchev–Trinajstić information content (AvgIpc) is 2.39. The van der Waals surface area contributed by atoms with Gasteiger partial charge in [0, 0.05) is 0 Å². The van der Waals surface area contributed by atoms with E-state index in [0.717, 1.165) is 6.42 Å². The molecule has 19 heavy (non-hydrogen) atoms. The Kier molecular flexibility index (Phi) is 6.39. The third-order valence-electron chi connectivity index (χ3n) is 4.68. The fraction of sp³-hybridized carbons (Fsp3) is 0.667. The van der Waals surface area contributed by atoms with Gasteiger partial charge >= 0.3 is 0 Å². The maximum absolute atomic E-state index is 6.69. The zero-order valence-electron chi connectivity index (χ0n) is 13.5. The molecule has 0 saturated carbocycles. The molecule has 108 valence electrons. The van der Waals surface area contributed by atoms with Crippen molar-refractivity contribution in [2.75, 3.05) is 0 Å². The largest absolute Gasteiger partial charge is 0.118 e. The highest BCUT2D eigenvalue weighted by Crippen LogP contribution is 2.36. The molecule has 1 atom stereocenters. The number of rotatable bonds is 6. The summed E-state index contributed by atoms with van der Waals surface area (Å²) in [5, 5.41) is 0.176. The number of hydrogen-bond donors (Lipinski definition) is 0. The summed E-state index contributed by atoms with van der Waals surface area (Å²) in [5.74, 6) is 0. The van der Waals surface area contributed by atoms with Gasteiger partial charge in [0.1, 0.15) is 0 Å². The van der Waals surface area contributed by atoms with Gasteiger partial charge in [0.05, 0.1) is 5.38 Å². The van der Waals surface area contributed by atoms with E-state index < -0.39 is 0 Å². The van der Waals surface area contributed by atoms with E-state index in [1.54, 1.807) is 0 Å². The molecule has 1 heteroatoms. The smallest absolute Gasteiger partial charge is 0.0590 e. The second kappa shape index (κ2) is 7.33. The Hall–Kier alpha value is -0.490. The lowest BCUT2D eigenvalue weighted by molar-refractivity contribution is 0.621. The van der Waals surface area contributed by atoms with Gasteiger partial charge in [-0.15, -0.1) is 11.6 Å². The van der Waals surface area contributed by atoms with Gasteiger partial charge in [-0.3, -0.25) is 0 Å². The molecular formula is C18H29Cl. The summed E-state index contributed by atoms with van der Waals surface area (Å²) in [6.45, 7) is 13.4. The van der Waals surface area contributed by atoms with Crippen LogP contribution in [0.4, 0.5) is 0 Å². The summed E-state index contributed by atoms with van der Waals surface area (Å²) in [6, 6.07) is 0. The predicted molar refractivity (Wildman–Crippen MR) is 87.5 cm³/mol. The van der Waals surface area contributed by atoms with Crippen LogP contribution in [0.3, 0.4) is 0 Å². The molecule has 1 unspecified atom stereocenters. The zero-order chi connectivity index (χ0) is 14.6. The molecule has 0 amide bonds. The highest BCUT2D eigenvalue weighted by atomic mass is 35.5. The van der Waals surface area contributed by atoms with E-state index in [4.69, 9.17) is 11.6 Å². The van der Waals surface area contributed by atoms with Crippen molar-refractivity contribution in [2.45, 2.75) is 79.0 Å². The number of benzene rings is 1. The van der Waals surface area contributed by atoms with Gasteiger partial charge in [0.25, 0.3) is 0 Å². The van der Waals surface area contributed by atoms with Gasteiger partial charge in [0.15, 0.2) is 0 Å². The lowest BCUT2D eigenvalue weighted by Crippen LogP contribution is -2.05. The third kappa shape index (κ3) is 3.75. The monoisotopic (exact) mass is 280 g/mol. The Morgan fingerprint density at radius 3 is 1.68 bits per heavy atom. The van der Waals surface area contributed by atoms with Crippen LogP contribution in [0.1, 0.15) is 77.8 Å². The van der Waals surface area contributed by atoms with Crippen LogP contribution < -0.4 is 0 Å². The number of hydrogen-bond acceptors (Lipinski definition) is 0. The van der Waals surface area contributed by atoms with Crippen LogP contribution in [0.5, 0.6) is 0 Å². The van der Waals surface area contributed by atoms with Gasteiger partial charge < -0.3 is 0 Å². The molecule has 0 bridgehead atoms. The molecule has 0 aliphatic heterocycles. The summed E-state index contributed by atoms with van der Waals surface area (Å²) >= 11 is 6.69. The lowest BCUT2D eigenvalue weighted by atomic mass is 9.87. The van der Waals surface area contributed by atoms with Gasteiger partial charge in [0.2, 0.25) is 0 Å². The molecule has 1 aromatic carbocycles. The molecule has 0 aromatic heterocycles. The van der Waals surface area contributed by atoms with Crippen LogP contribution >= 0.6 is 11.6 Å². The van der Waals surface area contributed by atoms with Gasteiger partial charge in [-0.1, -0.05) is 32.6 Å². The van der Waals surface area contributed by atoms with E-state index in [2.05, 4.69) is 41.5 Å². The molecule has 0 aliphatic rings. The van der Waals surface area contributed by atoms with E-state index in [1.165, 1.54) is 59.1 Å². The fourth-order valence-corrected chi connectivity index (χ4v) is 3.38. The summed E-state index contributed by atoms with van der Waals surface area (Å²) in [6.07, 6.45) is 6.26. The van der Waals surface area contributed by atoms with Crippen molar-refractivity contribution in [3.8, 4) is 0 Å². The third-order valence-corrected chi connectivity index (χ3v) is 5.12. The van der Waals surface area contributed by atoms with Crippen molar-refractivity contribution in [1.29, 1.82) is 0 Å². The summed E-state index contributed by atoms with van der Waals surface area (Å²) in [5.41, 5.74) is 8.44. The van der Waals surface area contributed by atoms with E-state index in [-0.39, 0.29) is 5.38 Å². The van der Waals surface area contributed by atoms with Gasteiger partial charge in [-0.2, -0.15) is 0 Å². The van der Waals surface area contributed by atoms with E-state index in [9.17, 15) is 0 Å². The van der Waals surface area contributed by atoms with Gasteiger partial charge in [-0.05, 0) is 74.4 Å². The Bertz CT molecular complexity index is 403. The van der Waals surface area contributed by atoms with Crippen LogP contribution in [-0.2, 0) is 0 Å². The second-order valence-electron chi connectivity index (χ2n) is 5.86.